The molecule has 0 spiro atoms. The van der Waals surface area contributed by atoms with Gasteiger partial charge in [-0.05, 0) is 51.1 Å². The fourth-order valence-corrected chi connectivity index (χ4v) is 3.79. The molecule has 0 unspecified atom stereocenters. The monoisotopic (exact) mass is 391 g/mol. The van der Waals surface area contributed by atoms with Crippen molar-refractivity contribution in [1.82, 2.24) is 4.31 Å². The van der Waals surface area contributed by atoms with Gasteiger partial charge in [0.2, 0.25) is 10.0 Å². The topological polar surface area (TPSA) is 110 Å². The van der Waals surface area contributed by atoms with Crippen molar-refractivity contribution in [1.29, 1.82) is 0 Å². The molecule has 0 aliphatic carbocycles. The molecule has 2 aromatic rings. The molecule has 27 heavy (non-hydrogen) atoms. The second-order valence-electron chi connectivity index (χ2n) is 6.30. The summed E-state index contributed by atoms with van der Waals surface area (Å²) in [7, 11) is -2.11. The first-order chi connectivity index (χ1) is 12.6. The van der Waals surface area contributed by atoms with Crippen LogP contribution in [-0.4, -0.2) is 36.6 Å². The molecule has 0 aliphatic rings. The summed E-state index contributed by atoms with van der Waals surface area (Å²) in [5, 5.41) is 13.6. The molecule has 1 N–H and O–H groups in total. The smallest absolute Gasteiger partial charge is 0.273 e. The molecule has 0 bridgehead atoms. The molecule has 0 saturated carbocycles. The van der Waals surface area contributed by atoms with Gasteiger partial charge in [-0.25, -0.2) is 8.42 Å². The Morgan fingerprint density at radius 1 is 1.15 bits per heavy atom. The highest BCUT2D eigenvalue weighted by atomic mass is 32.2. The SMILES string of the molecule is Cc1c(C(=O)Nc2ccc(S(=O)(=O)N(C)C(C)C)cc2)cccc1[N+](=O)[O-]. The quantitative estimate of drug-likeness (QED) is 0.601. The fraction of sp³-hybridized carbons (Fsp3) is 0.278. The summed E-state index contributed by atoms with van der Waals surface area (Å²) < 4.78 is 26.2. The lowest BCUT2D eigenvalue weighted by Gasteiger charge is -2.21. The Labute approximate surface area is 158 Å². The summed E-state index contributed by atoms with van der Waals surface area (Å²) in [5.74, 6) is -0.508. The van der Waals surface area contributed by atoms with Gasteiger partial charge in [-0.1, -0.05) is 6.07 Å². The predicted molar refractivity (Wildman–Crippen MR) is 102 cm³/mol. The van der Waals surface area contributed by atoms with Crippen LogP contribution in [0.1, 0.15) is 29.8 Å². The number of sulfonamides is 1. The van der Waals surface area contributed by atoms with Crippen LogP contribution in [0.4, 0.5) is 11.4 Å². The van der Waals surface area contributed by atoms with Crippen molar-refractivity contribution in [3.63, 3.8) is 0 Å². The van der Waals surface area contributed by atoms with E-state index in [1.165, 1.54) is 60.7 Å². The third kappa shape index (κ3) is 4.32. The van der Waals surface area contributed by atoms with Crippen molar-refractivity contribution in [3.8, 4) is 0 Å². The lowest BCUT2D eigenvalue weighted by Crippen LogP contribution is -2.33. The van der Waals surface area contributed by atoms with Crippen molar-refractivity contribution in [2.24, 2.45) is 0 Å². The van der Waals surface area contributed by atoms with Crippen molar-refractivity contribution >= 4 is 27.3 Å². The fourth-order valence-electron chi connectivity index (χ4n) is 2.42. The number of rotatable bonds is 6. The van der Waals surface area contributed by atoms with Gasteiger partial charge in [0.05, 0.1) is 9.82 Å². The van der Waals surface area contributed by atoms with Crippen LogP contribution in [0.2, 0.25) is 0 Å². The number of hydrogen-bond acceptors (Lipinski definition) is 5. The minimum atomic E-state index is -3.61. The molecule has 0 radical (unpaired) electrons. The largest absolute Gasteiger partial charge is 0.322 e. The molecular formula is C18H21N3O5S. The summed E-state index contributed by atoms with van der Waals surface area (Å²) in [6.07, 6.45) is 0. The second-order valence-corrected chi connectivity index (χ2v) is 8.30. The first-order valence-electron chi connectivity index (χ1n) is 8.19. The van der Waals surface area contributed by atoms with Gasteiger partial charge in [0.15, 0.2) is 0 Å². The molecular weight excluding hydrogens is 370 g/mol. The zero-order valence-corrected chi connectivity index (χ0v) is 16.3. The Morgan fingerprint density at radius 3 is 2.26 bits per heavy atom. The van der Waals surface area contributed by atoms with E-state index in [4.69, 9.17) is 0 Å². The van der Waals surface area contributed by atoms with Gasteiger partial charge in [-0.3, -0.25) is 14.9 Å². The number of nitro groups is 1. The number of amides is 1. The number of nitrogens with one attached hydrogen (secondary N) is 1. The average molecular weight is 391 g/mol. The van der Waals surface area contributed by atoms with Crippen LogP contribution in [0.25, 0.3) is 0 Å². The van der Waals surface area contributed by atoms with E-state index >= 15 is 0 Å². The Bertz CT molecular complexity index is 969. The molecule has 0 atom stereocenters. The van der Waals surface area contributed by atoms with E-state index < -0.39 is 20.9 Å². The highest BCUT2D eigenvalue weighted by Crippen LogP contribution is 2.23. The first-order valence-corrected chi connectivity index (χ1v) is 9.63. The summed E-state index contributed by atoms with van der Waals surface area (Å²) in [4.78, 5) is 23.0. The lowest BCUT2D eigenvalue weighted by atomic mass is 10.1. The van der Waals surface area contributed by atoms with Gasteiger partial charge < -0.3 is 5.32 Å². The van der Waals surface area contributed by atoms with Gasteiger partial charge in [0, 0.05) is 36.0 Å². The van der Waals surface area contributed by atoms with Gasteiger partial charge in [-0.15, -0.1) is 0 Å². The molecule has 0 aliphatic heterocycles. The third-order valence-electron chi connectivity index (χ3n) is 4.26. The number of anilines is 1. The van der Waals surface area contributed by atoms with Crippen LogP contribution in [-0.2, 0) is 10.0 Å². The number of hydrogen-bond donors (Lipinski definition) is 1. The van der Waals surface area contributed by atoms with Gasteiger partial charge >= 0.3 is 0 Å². The molecule has 0 heterocycles. The summed E-state index contributed by atoms with van der Waals surface area (Å²) >= 11 is 0. The van der Waals surface area contributed by atoms with Crippen molar-refractivity contribution in [3.05, 3.63) is 63.7 Å². The van der Waals surface area contributed by atoms with E-state index in [0.717, 1.165) is 0 Å². The lowest BCUT2D eigenvalue weighted by molar-refractivity contribution is -0.385. The van der Waals surface area contributed by atoms with Crippen LogP contribution in [0, 0.1) is 17.0 Å². The van der Waals surface area contributed by atoms with Crippen LogP contribution >= 0.6 is 0 Å². The van der Waals surface area contributed by atoms with Gasteiger partial charge in [0.25, 0.3) is 11.6 Å². The molecule has 8 nitrogen and oxygen atoms in total. The molecule has 1 amide bonds. The number of carbonyl (C=O) groups excluding carboxylic acids is 1. The van der Waals surface area contributed by atoms with E-state index in [1.807, 2.05) is 0 Å². The summed E-state index contributed by atoms with van der Waals surface area (Å²) in [6.45, 7) is 5.05. The Balaban J connectivity index is 2.24. The number of benzene rings is 2. The number of carbonyl (C=O) groups is 1. The molecule has 9 heteroatoms. The minimum Gasteiger partial charge on any atom is -0.322 e. The van der Waals surface area contributed by atoms with E-state index in [1.54, 1.807) is 13.8 Å². The Hall–Kier alpha value is -2.78. The average Bonchev–Trinajstić information content (AvgIpc) is 2.61. The van der Waals surface area contributed by atoms with E-state index in [0.29, 0.717) is 5.69 Å². The van der Waals surface area contributed by atoms with Crippen LogP contribution in [0.3, 0.4) is 0 Å². The second kappa shape index (κ2) is 7.85. The highest BCUT2D eigenvalue weighted by Gasteiger charge is 2.23. The van der Waals surface area contributed by atoms with Gasteiger partial charge in [-0.2, -0.15) is 4.31 Å². The maximum Gasteiger partial charge on any atom is 0.273 e. The molecule has 0 fully saturated rings. The van der Waals surface area contributed by atoms with E-state index in [-0.39, 0.29) is 27.8 Å². The van der Waals surface area contributed by atoms with Crippen molar-refractivity contribution < 1.29 is 18.1 Å². The van der Waals surface area contributed by atoms with Crippen molar-refractivity contribution in [2.45, 2.75) is 31.7 Å². The maximum absolute atomic E-state index is 12.4. The first kappa shape index (κ1) is 20.5. The molecule has 0 saturated heterocycles. The summed E-state index contributed by atoms with van der Waals surface area (Å²) in [5.41, 5.74) is 0.691. The van der Waals surface area contributed by atoms with E-state index in [9.17, 15) is 23.3 Å². The molecule has 144 valence electrons. The third-order valence-corrected chi connectivity index (χ3v) is 6.31. The Morgan fingerprint density at radius 2 is 1.74 bits per heavy atom. The number of nitro benzene ring substituents is 1. The van der Waals surface area contributed by atoms with E-state index in [2.05, 4.69) is 5.32 Å². The molecule has 2 aromatic carbocycles. The van der Waals surface area contributed by atoms with Crippen molar-refractivity contribution in [2.75, 3.05) is 12.4 Å². The zero-order chi connectivity index (χ0) is 20.4. The normalized spacial score (nSPS) is 11.6. The van der Waals surface area contributed by atoms with Crippen LogP contribution in [0.5, 0.6) is 0 Å². The Kier molecular flexibility index (Phi) is 5.97. The van der Waals surface area contributed by atoms with Crippen LogP contribution < -0.4 is 5.32 Å². The highest BCUT2D eigenvalue weighted by molar-refractivity contribution is 7.89. The number of nitrogens with zero attached hydrogens (tertiary/aromatic N) is 2. The zero-order valence-electron chi connectivity index (χ0n) is 15.5. The molecule has 0 aromatic heterocycles. The minimum absolute atomic E-state index is 0.114. The van der Waals surface area contributed by atoms with Crippen LogP contribution in [0.15, 0.2) is 47.4 Å². The standard InChI is InChI=1S/C18H21N3O5S/c1-12(2)20(4)27(25,26)15-10-8-14(9-11-15)19-18(22)16-6-5-7-17(13(16)3)21(23)24/h5-12H,1-4H3,(H,19,22). The summed E-state index contributed by atoms with van der Waals surface area (Å²) in [6, 6.07) is 9.85. The van der Waals surface area contributed by atoms with Gasteiger partial charge in [0.1, 0.15) is 0 Å². The molecule has 2 rings (SSSR count). The predicted octanol–water partition coefficient (Wildman–Crippen LogP) is 3.18. The maximum atomic E-state index is 12.4.